The largest absolute Gasteiger partial charge is 0.378 e. The van der Waals surface area contributed by atoms with Gasteiger partial charge >= 0.3 is 0 Å². The molecule has 35 heavy (non-hydrogen) atoms. The molecule has 0 radical (unpaired) electrons. The van der Waals surface area contributed by atoms with E-state index in [4.69, 9.17) is 10.00 Å². The molecular formula is C25H25N7O3. The number of anilines is 3. The average Bonchev–Trinajstić information content (AvgIpc) is 2.92. The normalized spacial score (nSPS) is 13.0. The summed E-state index contributed by atoms with van der Waals surface area (Å²) in [6.45, 7) is 3.00. The van der Waals surface area contributed by atoms with Crippen molar-refractivity contribution in [2.24, 2.45) is 0 Å². The van der Waals surface area contributed by atoms with Gasteiger partial charge in [-0.3, -0.25) is 14.5 Å². The number of carbonyl (C=O) groups excluding carboxylic acids is 2. The monoisotopic (exact) mass is 471 g/mol. The second-order valence-corrected chi connectivity index (χ2v) is 7.85. The Bertz CT molecular complexity index is 1220. The summed E-state index contributed by atoms with van der Waals surface area (Å²) in [5.74, 6) is -0.431. The molecule has 3 aromatic rings. The minimum absolute atomic E-state index is 0.251. The van der Waals surface area contributed by atoms with Gasteiger partial charge in [-0.05, 0) is 42.5 Å². The lowest BCUT2D eigenvalue weighted by molar-refractivity contribution is -0.126. The molecule has 1 saturated heterocycles. The fourth-order valence-electron chi connectivity index (χ4n) is 3.51. The highest BCUT2D eigenvalue weighted by Crippen LogP contribution is 2.23. The highest BCUT2D eigenvalue weighted by molar-refractivity contribution is 5.96. The number of ether oxygens (including phenoxy) is 1. The lowest BCUT2D eigenvalue weighted by atomic mass is 10.1. The minimum atomic E-state index is -0.491. The molecule has 10 nitrogen and oxygen atoms in total. The molecule has 0 unspecified atom stereocenters. The van der Waals surface area contributed by atoms with E-state index in [1.165, 1.54) is 7.05 Å². The number of nitrogens with one attached hydrogen (secondary N) is 2. The molecule has 1 aliphatic rings. The second-order valence-electron chi connectivity index (χ2n) is 7.85. The van der Waals surface area contributed by atoms with Gasteiger partial charge in [0.1, 0.15) is 0 Å². The van der Waals surface area contributed by atoms with E-state index in [-0.39, 0.29) is 6.54 Å². The van der Waals surface area contributed by atoms with Gasteiger partial charge in [0.05, 0.1) is 25.5 Å². The van der Waals surface area contributed by atoms with Crippen LogP contribution in [0.3, 0.4) is 0 Å². The third-order valence-corrected chi connectivity index (χ3v) is 5.52. The molecule has 4 rings (SSSR count). The molecule has 2 amide bonds. The van der Waals surface area contributed by atoms with Crippen molar-refractivity contribution in [1.82, 2.24) is 20.2 Å². The highest BCUT2D eigenvalue weighted by atomic mass is 16.5. The molecule has 0 atom stereocenters. The number of aromatic nitrogens is 2. The SMILES string of the molecule is CN(C#N)C(=O)CNC(=O)c1ccc(-c2ccnc(Nc3ccc(N4CCOCC4)cc3)n2)cc1. The molecule has 0 bridgehead atoms. The molecule has 2 aromatic carbocycles. The van der Waals surface area contributed by atoms with Crippen LogP contribution in [0.2, 0.25) is 0 Å². The number of hydrogen-bond donors (Lipinski definition) is 2. The summed E-state index contributed by atoms with van der Waals surface area (Å²) in [5.41, 5.74) is 3.94. The van der Waals surface area contributed by atoms with Crippen LogP contribution >= 0.6 is 0 Å². The summed E-state index contributed by atoms with van der Waals surface area (Å²) >= 11 is 0. The van der Waals surface area contributed by atoms with Gasteiger partial charge in [-0.15, -0.1) is 0 Å². The number of benzene rings is 2. The van der Waals surface area contributed by atoms with Crippen molar-refractivity contribution in [3.63, 3.8) is 0 Å². The predicted octanol–water partition coefficient (Wildman–Crippen LogP) is 2.39. The minimum Gasteiger partial charge on any atom is -0.378 e. The molecule has 0 saturated carbocycles. The summed E-state index contributed by atoms with van der Waals surface area (Å²) < 4.78 is 5.41. The van der Waals surface area contributed by atoms with Crippen LogP contribution in [-0.2, 0) is 9.53 Å². The molecule has 2 heterocycles. The fourth-order valence-corrected chi connectivity index (χ4v) is 3.51. The van der Waals surface area contributed by atoms with Crippen molar-refractivity contribution in [2.75, 3.05) is 50.1 Å². The van der Waals surface area contributed by atoms with Gasteiger partial charge in [0.15, 0.2) is 6.19 Å². The third kappa shape index (κ3) is 6.10. The number of carbonyl (C=O) groups is 2. The first-order valence-corrected chi connectivity index (χ1v) is 11.1. The zero-order valence-electron chi connectivity index (χ0n) is 19.3. The molecule has 1 fully saturated rings. The van der Waals surface area contributed by atoms with Gasteiger partial charge in [0.2, 0.25) is 5.95 Å². The van der Waals surface area contributed by atoms with Crippen LogP contribution in [0.4, 0.5) is 17.3 Å². The average molecular weight is 472 g/mol. The summed E-state index contributed by atoms with van der Waals surface area (Å²) in [6.07, 6.45) is 3.37. The van der Waals surface area contributed by atoms with Crippen LogP contribution in [-0.4, -0.2) is 66.6 Å². The molecule has 1 aliphatic heterocycles. The maximum Gasteiger partial charge on any atom is 0.254 e. The van der Waals surface area contributed by atoms with E-state index in [0.29, 0.717) is 17.2 Å². The van der Waals surface area contributed by atoms with E-state index in [9.17, 15) is 9.59 Å². The zero-order chi connectivity index (χ0) is 24.6. The van der Waals surface area contributed by atoms with Crippen molar-refractivity contribution >= 4 is 29.1 Å². The second kappa shape index (κ2) is 11.1. The highest BCUT2D eigenvalue weighted by Gasteiger charge is 2.13. The molecule has 0 spiro atoms. The van der Waals surface area contributed by atoms with E-state index in [2.05, 4.69) is 37.6 Å². The molecule has 178 valence electrons. The van der Waals surface area contributed by atoms with E-state index >= 15 is 0 Å². The summed E-state index contributed by atoms with van der Waals surface area (Å²) in [7, 11) is 1.34. The zero-order valence-corrected chi connectivity index (χ0v) is 19.3. The van der Waals surface area contributed by atoms with Crippen molar-refractivity contribution in [1.29, 1.82) is 5.26 Å². The van der Waals surface area contributed by atoms with Crippen molar-refractivity contribution in [3.05, 3.63) is 66.4 Å². The van der Waals surface area contributed by atoms with E-state index in [0.717, 1.165) is 48.1 Å². The van der Waals surface area contributed by atoms with Gasteiger partial charge in [-0.25, -0.2) is 9.97 Å². The van der Waals surface area contributed by atoms with Gasteiger partial charge in [0.25, 0.3) is 11.8 Å². The summed E-state index contributed by atoms with van der Waals surface area (Å²) in [6, 6.07) is 16.8. The Hall–Kier alpha value is -4.49. The molecule has 2 N–H and O–H groups in total. The Morgan fingerprint density at radius 1 is 1.09 bits per heavy atom. The molecule has 10 heteroatoms. The first kappa shape index (κ1) is 23.7. The van der Waals surface area contributed by atoms with Crippen molar-refractivity contribution < 1.29 is 14.3 Å². The Balaban J connectivity index is 1.38. The topological polar surface area (TPSA) is 123 Å². The maximum atomic E-state index is 12.3. The van der Waals surface area contributed by atoms with Crippen LogP contribution in [0, 0.1) is 11.5 Å². The smallest absolute Gasteiger partial charge is 0.254 e. The molecule has 0 aliphatic carbocycles. The molecular weight excluding hydrogens is 446 g/mol. The van der Waals surface area contributed by atoms with Gasteiger partial charge in [-0.2, -0.15) is 5.26 Å². The van der Waals surface area contributed by atoms with Crippen LogP contribution in [0.25, 0.3) is 11.3 Å². The number of hydrogen-bond acceptors (Lipinski definition) is 8. The first-order chi connectivity index (χ1) is 17.0. The number of rotatable bonds is 7. The third-order valence-electron chi connectivity index (χ3n) is 5.52. The van der Waals surface area contributed by atoms with Crippen LogP contribution in [0.5, 0.6) is 0 Å². The van der Waals surface area contributed by atoms with Crippen LogP contribution < -0.4 is 15.5 Å². The standard InChI is InChI=1S/C25H25N7O3/c1-31(17-26)23(33)16-28-24(34)19-4-2-18(3-5-19)22-10-11-27-25(30-22)29-20-6-8-21(9-7-20)32-12-14-35-15-13-32/h2-11H,12-16H2,1H3,(H,28,34)(H,27,29,30). The number of nitrogens with zero attached hydrogens (tertiary/aromatic N) is 5. The fraction of sp³-hybridized carbons (Fsp3) is 0.240. The first-order valence-electron chi connectivity index (χ1n) is 11.1. The quantitative estimate of drug-likeness (QED) is 0.398. The van der Waals surface area contributed by atoms with Crippen LogP contribution in [0.1, 0.15) is 10.4 Å². The Kier molecular flexibility index (Phi) is 7.50. The maximum absolute atomic E-state index is 12.3. The van der Waals surface area contributed by atoms with E-state index in [1.807, 2.05) is 12.1 Å². The van der Waals surface area contributed by atoms with Crippen LogP contribution in [0.15, 0.2) is 60.8 Å². The Morgan fingerprint density at radius 2 is 1.80 bits per heavy atom. The number of likely N-dealkylation sites (N-methyl/N-ethyl adjacent to an activating group) is 1. The van der Waals surface area contributed by atoms with Crippen molar-refractivity contribution in [3.8, 4) is 17.5 Å². The van der Waals surface area contributed by atoms with E-state index < -0.39 is 11.8 Å². The summed E-state index contributed by atoms with van der Waals surface area (Å²) in [5, 5.41) is 14.4. The van der Waals surface area contributed by atoms with Gasteiger partial charge < -0.3 is 20.3 Å². The number of amides is 2. The van der Waals surface area contributed by atoms with Gasteiger partial charge in [0, 0.05) is 48.8 Å². The summed E-state index contributed by atoms with van der Waals surface area (Å²) in [4.78, 5) is 36.0. The number of nitriles is 1. The lowest BCUT2D eigenvalue weighted by Gasteiger charge is -2.28. The Labute approximate surface area is 203 Å². The number of morpholine rings is 1. The Morgan fingerprint density at radius 3 is 2.49 bits per heavy atom. The predicted molar refractivity (Wildman–Crippen MR) is 131 cm³/mol. The van der Waals surface area contributed by atoms with Crippen molar-refractivity contribution in [2.45, 2.75) is 0 Å². The van der Waals surface area contributed by atoms with E-state index in [1.54, 1.807) is 42.7 Å². The lowest BCUT2D eigenvalue weighted by Crippen LogP contribution is -2.36. The van der Waals surface area contributed by atoms with Gasteiger partial charge in [-0.1, -0.05) is 12.1 Å². The molecule has 1 aromatic heterocycles.